The van der Waals surface area contributed by atoms with Crippen LogP contribution in [0.15, 0.2) is 54.6 Å². The van der Waals surface area contributed by atoms with E-state index in [0.29, 0.717) is 25.1 Å². The third-order valence-corrected chi connectivity index (χ3v) is 4.62. The number of hydrogen-bond acceptors (Lipinski definition) is 5. The Hall–Kier alpha value is -2.57. The van der Waals surface area contributed by atoms with Crippen LogP contribution in [-0.2, 0) is 11.3 Å². The molecular weight excluding hydrogens is 320 g/mol. The van der Waals surface area contributed by atoms with Crippen molar-refractivity contribution >= 4 is 11.5 Å². The van der Waals surface area contributed by atoms with E-state index in [1.54, 1.807) is 0 Å². The molecule has 2 aromatic rings. The summed E-state index contributed by atoms with van der Waals surface area (Å²) in [7, 11) is 0. The van der Waals surface area contributed by atoms with Crippen LogP contribution in [0.4, 0.5) is 5.69 Å². The molecule has 3 rings (SSSR count). The lowest BCUT2D eigenvalue weighted by atomic mass is 9.87. The van der Waals surface area contributed by atoms with Gasteiger partial charge in [0.15, 0.2) is 0 Å². The van der Waals surface area contributed by atoms with Gasteiger partial charge in [-0.15, -0.1) is 0 Å². The molecule has 0 radical (unpaired) electrons. The average molecular weight is 340 g/mol. The molecule has 1 aliphatic rings. The number of hydrogen-bond donors (Lipinski definition) is 1. The van der Waals surface area contributed by atoms with Gasteiger partial charge in [0.1, 0.15) is 5.78 Å². The van der Waals surface area contributed by atoms with E-state index < -0.39 is 16.9 Å². The minimum absolute atomic E-state index is 0.0309. The highest BCUT2D eigenvalue weighted by Crippen LogP contribution is 2.29. The number of carbonyl (C=O) groups is 1. The first-order valence-electron chi connectivity index (χ1n) is 8.26. The van der Waals surface area contributed by atoms with Crippen molar-refractivity contribution in [2.24, 2.45) is 5.92 Å². The Labute approximate surface area is 145 Å². The number of nitro benzene ring substituents is 1. The predicted octanol–water partition coefficient (Wildman–Crippen LogP) is 2.72. The van der Waals surface area contributed by atoms with Crippen LogP contribution in [-0.4, -0.2) is 33.8 Å². The van der Waals surface area contributed by atoms with E-state index >= 15 is 0 Å². The zero-order valence-electron chi connectivity index (χ0n) is 13.7. The van der Waals surface area contributed by atoms with Crippen LogP contribution < -0.4 is 0 Å². The molecule has 2 atom stereocenters. The van der Waals surface area contributed by atoms with Gasteiger partial charge in [0.05, 0.1) is 16.9 Å². The number of Topliss-reactive ketones (excluding diaryl/α,β-unsaturated/α-hetero) is 1. The number of piperidine rings is 1. The molecule has 6 nitrogen and oxygen atoms in total. The third-order valence-electron chi connectivity index (χ3n) is 4.62. The van der Waals surface area contributed by atoms with Crippen LogP contribution in [0.3, 0.4) is 0 Å². The number of non-ortho nitro benzene ring substituents is 1. The number of rotatable bonds is 5. The fourth-order valence-corrected chi connectivity index (χ4v) is 3.21. The maximum atomic E-state index is 12.3. The smallest absolute Gasteiger partial charge is 0.269 e. The summed E-state index contributed by atoms with van der Waals surface area (Å²) in [6, 6.07) is 15.8. The Balaban J connectivity index is 1.70. The number of ketones is 1. The van der Waals surface area contributed by atoms with Crippen molar-refractivity contribution in [3.05, 3.63) is 75.8 Å². The topological polar surface area (TPSA) is 83.7 Å². The van der Waals surface area contributed by atoms with E-state index in [1.807, 2.05) is 30.3 Å². The van der Waals surface area contributed by atoms with E-state index in [2.05, 4.69) is 4.90 Å². The van der Waals surface area contributed by atoms with Gasteiger partial charge in [-0.2, -0.15) is 0 Å². The molecule has 25 heavy (non-hydrogen) atoms. The molecule has 0 aliphatic carbocycles. The Morgan fingerprint density at radius 3 is 2.48 bits per heavy atom. The van der Waals surface area contributed by atoms with Crippen molar-refractivity contribution in [2.75, 3.05) is 13.1 Å². The fourth-order valence-electron chi connectivity index (χ4n) is 3.21. The summed E-state index contributed by atoms with van der Waals surface area (Å²) in [5.74, 6) is -0.478. The van der Waals surface area contributed by atoms with Gasteiger partial charge < -0.3 is 5.11 Å². The van der Waals surface area contributed by atoms with E-state index in [-0.39, 0.29) is 11.5 Å². The van der Waals surface area contributed by atoms with Gasteiger partial charge in [-0.1, -0.05) is 30.3 Å². The highest BCUT2D eigenvalue weighted by atomic mass is 16.6. The van der Waals surface area contributed by atoms with Gasteiger partial charge in [0.2, 0.25) is 0 Å². The van der Waals surface area contributed by atoms with Crippen LogP contribution in [0.1, 0.15) is 23.7 Å². The van der Waals surface area contributed by atoms with Crippen molar-refractivity contribution in [3.63, 3.8) is 0 Å². The van der Waals surface area contributed by atoms with Crippen LogP contribution in [0.2, 0.25) is 0 Å². The first-order valence-corrected chi connectivity index (χ1v) is 8.26. The van der Waals surface area contributed by atoms with Crippen molar-refractivity contribution in [2.45, 2.75) is 19.1 Å². The largest absolute Gasteiger partial charge is 0.388 e. The molecule has 0 amide bonds. The van der Waals surface area contributed by atoms with E-state index in [4.69, 9.17) is 0 Å². The van der Waals surface area contributed by atoms with Crippen LogP contribution in [0.25, 0.3) is 0 Å². The lowest BCUT2D eigenvalue weighted by molar-refractivity contribution is -0.384. The standard InChI is InChI=1S/C19H20N2O4/c22-18-10-11-20(12-14-4-2-1-3-5-14)13-17(18)19(23)15-6-8-16(9-7-15)21(24)25/h1-9,17,19,23H,10-13H2. The average Bonchev–Trinajstić information content (AvgIpc) is 2.63. The number of carbonyl (C=O) groups excluding carboxylic acids is 1. The Bertz CT molecular complexity index is 746. The molecule has 1 aliphatic heterocycles. The second-order valence-electron chi connectivity index (χ2n) is 6.34. The maximum Gasteiger partial charge on any atom is 0.269 e. The first kappa shape index (κ1) is 17.3. The van der Waals surface area contributed by atoms with Crippen molar-refractivity contribution in [1.29, 1.82) is 0 Å². The van der Waals surface area contributed by atoms with Gasteiger partial charge >= 0.3 is 0 Å². The zero-order chi connectivity index (χ0) is 17.8. The summed E-state index contributed by atoms with van der Waals surface area (Å²) in [6.45, 7) is 1.89. The predicted molar refractivity (Wildman–Crippen MR) is 92.9 cm³/mol. The summed E-state index contributed by atoms with van der Waals surface area (Å²) in [4.78, 5) is 24.7. The molecule has 0 saturated carbocycles. The Morgan fingerprint density at radius 1 is 1.16 bits per heavy atom. The van der Waals surface area contributed by atoms with Crippen LogP contribution in [0.5, 0.6) is 0 Å². The number of nitrogens with zero attached hydrogens (tertiary/aromatic N) is 2. The molecule has 2 unspecified atom stereocenters. The van der Waals surface area contributed by atoms with Gasteiger partial charge in [0.25, 0.3) is 5.69 Å². The first-order chi connectivity index (χ1) is 12.0. The molecule has 0 aromatic heterocycles. The lowest BCUT2D eigenvalue weighted by Gasteiger charge is -2.34. The molecule has 0 bridgehead atoms. The normalized spacial score (nSPS) is 19.6. The van der Waals surface area contributed by atoms with Crippen molar-refractivity contribution < 1.29 is 14.8 Å². The lowest BCUT2D eigenvalue weighted by Crippen LogP contribution is -2.42. The van der Waals surface area contributed by atoms with Crippen molar-refractivity contribution in [3.8, 4) is 0 Å². The molecule has 1 N–H and O–H groups in total. The highest BCUT2D eigenvalue weighted by Gasteiger charge is 2.33. The number of nitro groups is 1. The summed E-state index contributed by atoms with van der Waals surface area (Å²) in [5, 5.41) is 21.3. The number of benzene rings is 2. The molecule has 130 valence electrons. The third kappa shape index (κ3) is 4.10. The van der Waals surface area contributed by atoms with Gasteiger partial charge in [-0.05, 0) is 23.3 Å². The fraction of sp³-hybridized carbons (Fsp3) is 0.316. The molecule has 2 aromatic carbocycles. The molecule has 1 fully saturated rings. The van der Waals surface area contributed by atoms with Gasteiger partial charge in [-0.3, -0.25) is 19.8 Å². The number of aliphatic hydroxyl groups excluding tert-OH is 1. The highest BCUT2D eigenvalue weighted by molar-refractivity contribution is 5.83. The zero-order valence-corrected chi connectivity index (χ0v) is 13.7. The SMILES string of the molecule is O=C1CCN(Cc2ccccc2)CC1C(O)c1ccc([N+](=O)[O-])cc1. The van der Waals surface area contributed by atoms with Crippen molar-refractivity contribution in [1.82, 2.24) is 4.90 Å². The van der Waals surface area contributed by atoms with Crippen LogP contribution in [0, 0.1) is 16.0 Å². The minimum Gasteiger partial charge on any atom is -0.388 e. The van der Waals surface area contributed by atoms with Gasteiger partial charge in [-0.25, -0.2) is 0 Å². The Kier molecular flexibility index (Phi) is 5.21. The minimum atomic E-state index is -0.952. The molecular formula is C19H20N2O4. The Morgan fingerprint density at radius 2 is 1.84 bits per heavy atom. The molecule has 0 spiro atoms. The van der Waals surface area contributed by atoms with Crippen LogP contribution >= 0.6 is 0 Å². The molecule has 1 heterocycles. The maximum absolute atomic E-state index is 12.3. The quantitative estimate of drug-likeness (QED) is 0.668. The molecule has 6 heteroatoms. The molecule has 1 saturated heterocycles. The summed E-state index contributed by atoms with van der Waals surface area (Å²) in [6.07, 6.45) is -0.548. The van der Waals surface area contributed by atoms with E-state index in [1.165, 1.54) is 29.8 Å². The van der Waals surface area contributed by atoms with Gasteiger partial charge in [0, 0.05) is 38.2 Å². The summed E-state index contributed by atoms with van der Waals surface area (Å²) < 4.78 is 0. The monoisotopic (exact) mass is 340 g/mol. The second-order valence-corrected chi connectivity index (χ2v) is 6.34. The van der Waals surface area contributed by atoms with E-state index in [9.17, 15) is 20.0 Å². The number of aliphatic hydroxyl groups is 1. The number of likely N-dealkylation sites (tertiary alicyclic amines) is 1. The summed E-state index contributed by atoms with van der Waals surface area (Å²) in [5.41, 5.74) is 1.67. The second kappa shape index (κ2) is 7.55. The van der Waals surface area contributed by atoms with E-state index in [0.717, 1.165) is 6.54 Å². The summed E-state index contributed by atoms with van der Waals surface area (Å²) >= 11 is 0.